The van der Waals surface area contributed by atoms with Crippen molar-refractivity contribution in [2.24, 2.45) is 0 Å². The summed E-state index contributed by atoms with van der Waals surface area (Å²) >= 11 is 3.37. The van der Waals surface area contributed by atoms with E-state index in [1.54, 1.807) is 12.1 Å². The van der Waals surface area contributed by atoms with E-state index in [1.807, 2.05) is 24.3 Å². The number of carbonyl (C=O) groups is 3. The topological polar surface area (TPSA) is 95.9 Å². The third kappa shape index (κ3) is 4.53. The summed E-state index contributed by atoms with van der Waals surface area (Å²) in [5.74, 6) is -1.45. The standard InChI is InChI=1S/C27H23BrN2O5/c28-17-12-16(25(31)30-11-5-10-24(30)26(32)33)13-18(14-17)29-27(34)35-15-23-21-8-3-1-6-19(21)20-7-2-4-9-22(20)23/h1-4,6-9,12-14,23-24H,5,10-11,15H2,(H,29,34)(H,32,33)/t24-/m0/s1. The van der Waals surface area contributed by atoms with Crippen molar-refractivity contribution in [3.05, 3.63) is 87.9 Å². The lowest BCUT2D eigenvalue weighted by atomic mass is 9.98. The lowest BCUT2D eigenvalue weighted by Crippen LogP contribution is -2.40. The second-order valence-corrected chi connectivity index (χ2v) is 9.59. The number of ether oxygens (including phenoxy) is 1. The van der Waals surface area contributed by atoms with E-state index in [1.165, 1.54) is 11.0 Å². The second kappa shape index (κ2) is 9.54. The van der Waals surface area contributed by atoms with Gasteiger partial charge in [-0.05, 0) is 53.3 Å². The molecule has 1 atom stereocenters. The molecule has 178 valence electrons. The molecule has 0 spiro atoms. The van der Waals surface area contributed by atoms with Crippen LogP contribution in [-0.4, -0.2) is 47.2 Å². The van der Waals surface area contributed by atoms with Crippen LogP contribution in [0.3, 0.4) is 0 Å². The molecule has 2 aliphatic rings. The molecule has 0 saturated carbocycles. The fraction of sp³-hybridized carbons (Fsp3) is 0.222. The number of rotatable bonds is 5. The first-order valence-electron chi connectivity index (χ1n) is 11.4. The first-order valence-corrected chi connectivity index (χ1v) is 12.2. The van der Waals surface area contributed by atoms with Gasteiger partial charge in [0.25, 0.3) is 5.91 Å². The van der Waals surface area contributed by atoms with Crippen LogP contribution in [0.5, 0.6) is 0 Å². The zero-order chi connectivity index (χ0) is 24.5. The van der Waals surface area contributed by atoms with Gasteiger partial charge < -0.3 is 14.7 Å². The molecule has 8 heteroatoms. The quantitative estimate of drug-likeness (QED) is 0.450. The molecule has 1 aliphatic carbocycles. The minimum atomic E-state index is -1.01. The van der Waals surface area contributed by atoms with Crippen LogP contribution in [-0.2, 0) is 9.53 Å². The average molecular weight is 535 g/mol. The highest BCUT2D eigenvalue weighted by Crippen LogP contribution is 2.44. The van der Waals surface area contributed by atoms with Crippen molar-refractivity contribution in [2.75, 3.05) is 18.5 Å². The highest BCUT2D eigenvalue weighted by molar-refractivity contribution is 9.10. The van der Waals surface area contributed by atoms with Crippen LogP contribution in [0, 0.1) is 0 Å². The van der Waals surface area contributed by atoms with Crippen molar-refractivity contribution in [1.29, 1.82) is 0 Å². The molecule has 3 aromatic rings. The van der Waals surface area contributed by atoms with Gasteiger partial charge in [0.05, 0.1) is 0 Å². The molecular formula is C27H23BrN2O5. The average Bonchev–Trinajstić information content (AvgIpc) is 3.45. The Morgan fingerprint density at radius 2 is 1.66 bits per heavy atom. The van der Waals surface area contributed by atoms with Gasteiger partial charge in [0.15, 0.2) is 0 Å². The summed E-state index contributed by atoms with van der Waals surface area (Å²) in [5.41, 5.74) is 5.21. The predicted octanol–water partition coefficient (Wildman–Crippen LogP) is 5.50. The Hall–Kier alpha value is -3.65. The van der Waals surface area contributed by atoms with Gasteiger partial charge in [0, 0.05) is 28.2 Å². The number of anilines is 1. The van der Waals surface area contributed by atoms with Crippen LogP contribution in [0.25, 0.3) is 11.1 Å². The number of amides is 2. The largest absolute Gasteiger partial charge is 0.480 e. The molecule has 2 N–H and O–H groups in total. The summed E-state index contributed by atoms with van der Waals surface area (Å²) in [6, 6.07) is 20.2. The van der Waals surface area contributed by atoms with E-state index in [4.69, 9.17) is 4.74 Å². The first-order chi connectivity index (χ1) is 16.9. The highest BCUT2D eigenvalue weighted by Gasteiger charge is 2.34. The van der Waals surface area contributed by atoms with Crippen molar-refractivity contribution < 1.29 is 24.2 Å². The van der Waals surface area contributed by atoms with Crippen LogP contribution in [0.4, 0.5) is 10.5 Å². The van der Waals surface area contributed by atoms with Crippen LogP contribution in [0.2, 0.25) is 0 Å². The first kappa shape index (κ1) is 23.1. The summed E-state index contributed by atoms with van der Waals surface area (Å²) in [5, 5.41) is 12.1. The van der Waals surface area contributed by atoms with Crippen molar-refractivity contribution in [3.63, 3.8) is 0 Å². The van der Waals surface area contributed by atoms with Crippen LogP contribution in [0.1, 0.15) is 40.2 Å². The summed E-state index contributed by atoms with van der Waals surface area (Å²) in [7, 11) is 0. The Balaban J connectivity index is 1.28. The molecule has 2 amide bonds. The normalized spacial score (nSPS) is 16.5. The van der Waals surface area contributed by atoms with Crippen molar-refractivity contribution in [2.45, 2.75) is 24.8 Å². The summed E-state index contributed by atoms with van der Waals surface area (Å²) in [4.78, 5) is 38.5. The number of fused-ring (bicyclic) bond motifs is 3. The maximum atomic E-state index is 13.0. The Morgan fingerprint density at radius 1 is 1.00 bits per heavy atom. The van der Waals surface area contributed by atoms with E-state index in [-0.39, 0.29) is 18.4 Å². The zero-order valence-electron chi connectivity index (χ0n) is 18.7. The molecule has 1 heterocycles. The second-order valence-electron chi connectivity index (χ2n) is 8.67. The lowest BCUT2D eigenvalue weighted by Gasteiger charge is -2.22. The number of aliphatic carboxylic acids is 1. The van der Waals surface area contributed by atoms with Crippen molar-refractivity contribution in [3.8, 4) is 11.1 Å². The third-order valence-corrected chi connectivity index (χ3v) is 6.99. The number of likely N-dealkylation sites (tertiary alicyclic amines) is 1. The minimum absolute atomic E-state index is 0.0593. The number of hydrogen-bond acceptors (Lipinski definition) is 4. The van der Waals surface area contributed by atoms with Crippen molar-refractivity contribution in [1.82, 2.24) is 4.90 Å². The van der Waals surface area contributed by atoms with Crippen LogP contribution in [0.15, 0.2) is 71.2 Å². The van der Waals surface area contributed by atoms with E-state index < -0.39 is 18.1 Å². The van der Waals surface area contributed by atoms with E-state index in [0.29, 0.717) is 35.1 Å². The monoisotopic (exact) mass is 534 g/mol. The third-order valence-electron chi connectivity index (χ3n) is 6.53. The maximum absolute atomic E-state index is 13.0. The number of nitrogens with zero attached hydrogens (tertiary/aromatic N) is 1. The number of nitrogens with one attached hydrogen (secondary N) is 1. The SMILES string of the molecule is O=C(Nc1cc(Br)cc(C(=O)N2CCC[C@H]2C(=O)O)c1)OCC1c2ccccc2-c2ccccc21. The number of carboxylic acid groups (broad SMARTS) is 1. The Morgan fingerprint density at radius 3 is 2.31 bits per heavy atom. The van der Waals surface area contributed by atoms with Gasteiger partial charge in [-0.25, -0.2) is 9.59 Å². The summed E-state index contributed by atoms with van der Waals surface area (Å²) in [6.07, 6.45) is 0.439. The minimum Gasteiger partial charge on any atom is -0.480 e. The number of carboxylic acids is 1. The molecular weight excluding hydrogens is 512 g/mol. The van der Waals surface area contributed by atoms with Gasteiger partial charge in [0.2, 0.25) is 0 Å². The molecule has 0 bridgehead atoms. The van der Waals surface area contributed by atoms with Gasteiger partial charge in [-0.1, -0.05) is 64.5 Å². The van der Waals surface area contributed by atoms with Gasteiger partial charge in [-0.3, -0.25) is 10.1 Å². The maximum Gasteiger partial charge on any atom is 0.411 e. The number of halogens is 1. The smallest absolute Gasteiger partial charge is 0.411 e. The lowest BCUT2D eigenvalue weighted by molar-refractivity contribution is -0.141. The molecule has 1 aliphatic heterocycles. The Labute approximate surface area is 210 Å². The van der Waals surface area contributed by atoms with Gasteiger partial charge in [-0.2, -0.15) is 0 Å². The summed E-state index contributed by atoms with van der Waals surface area (Å²) in [6.45, 7) is 0.561. The van der Waals surface area contributed by atoms with E-state index >= 15 is 0 Å². The number of carbonyl (C=O) groups excluding carboxylic acids is 2. The molecule has 5 rings (SSSR count). The Kier molecular flexibility index (Phi) is 6.30. The van der Waals surface area contributed by atoms with Crippen LogP contribution >= 0.6 is 15.9 Å². The molecule has 3 aromatic carbocycles. The molecule has 7 nitrogen and oxygen atoms in total. The van der Waals surface area contributed by atoms with E-state index in [2.05, 4.69) is 45.5 Å². The summed E-state index contributed by atoms with van der Waals surface area (Å²) < 4.78 is 6.18. The van der Waals surface area contributed by atoms with Gasteiger partial charge in [0.1, 0.15) is 12.6 Å². The van der Waals surface area contributed by atoms with E-state index in [0.717, 1.165) is 22.3 Å². The molecule has 35 heavy (non-hydrogen) atoms. The van der Waals surface area contributed by atoms with Gasteiger partial charge >= 0.3 is 12.1 Å². The van der Waals surface area contributed by atoms with Crippen LogP contribution < -0.4 is 5.32 Å². The molecule has 1 saturated heterocycles. The van der Waals surface area contributed by atoms with Gasteiger partial charge in [-0.15, -0.1) is 0 Å². The fourth-order valence-corrected chi connectivity index (χ4v) is 5.46. The number of hydrogen-bond donors (Lipinski definition) is 2. The molecule has 1 fully saturated rings. The Bertz CT molecular complexity index is 1280. The molecule has 0 radical (unpaired) electrons. The molecule has 0 aromatic heterocycles. The fourth-order valence-electron chi connectivity index (χ4n) is 4.97. The zero-order valence-corrected chi connectivity index (χ0v) is 20.3. The molecule has 0 unspecified atom stereocenters. The predicted molar refractivity (Wildman–Crippen MR) is 135 cm³/mol. The highest BCUT2D eigenvalue weighted by atomic mass is 79.9. The van der Waals surface area contributed by atoms with E-state index in [9.17, 15) is 19.5 Å². The number of benzene rings is 3. The van der Waals surface area contributed by atoms with Crippen molar-refractivity contribution >= 4 is 39.6 Å².